The molecule has 2 atom stereocenters. The summed E-state index contributed by atoms with van der Waals surface area (Å²) in [4.78, 5) is 70.7. The van der Waals surface area contributed by atoms with Gasteiger partial charge in [0, 0.05) is 23.3 Å². The van der Waals surface area contributed by atoms with Crippen LogP contribution in [0.5, 0.6) is 0 Å². The standard InChI is InChI=1S/C22H18F6N6O7S2/c23-21(24,25)7-33-3-1-2-8(15(33)36)4-9-5-42-17-12(16(37)34(17)13(9)18(38)39)31-14(35)11(10-6-43-20(29)30-10)32-41-19(40)22(26,27)28/h4,6,12,17H,1-3,5,7H2,(H2,29,30)(H,31,35)(H,38,39)/b8-4+,32-11-/t12-,17-/m1/s1. The molecule has 232 valence electrons. The van der Waals surface area contributed by atoms with Crippen molar-refractivity contribution in [3.63, 3.8) is 0 Å². The normalized spacial score (nSPS) is 22.4. The van der Waals surface area contributed by atoms with Gasteiger partial charge >= 0.3 is 24.3 Å². The number of rotatable bonds is 7. The van der Waals surface area contributed by atoms with E-state index in [2.05, 4.69) is 20.3 Å². The maximum Gasteiger partial charge on any atom is 0.493 e. The summed E-state index contributed by atoms with van der Waals surface area (Å²) in [5, 5.41) is 14.9. The Morgan fingerprint density at radius 2 is 1.93 bits per heavy atom. The fraction of sp³-hybridized carbons (Fsp3) is 0.409. The van der Waals surface area contributed by atoms with E-state index in [0.717, 1.165) is 39.5 Å². The van der Waals surface area contributed by atoms with Crippen molar-refractivity contribution in [1.29, 1.82) is 0 Å². The Bertz CT molecular complexity index is 1470. The molecule has 0 unspecified atom stereocenters. The van der Waals surface area contributed by atoms with Gasteiger partial charge < -0.3 is 25.9 Å². The third kappa shape index (κ3) is 6.92. The Labute approximate surface area is 244 Å². The van der Waals surface area contributed by atoms with Gasteiger partial charge in [0.1, 0.15) is 29.4 Å². The fourth-order valence-corrected chi connectivity index (χ4v) is 6.14. The van der Waals surface area contributed by atoms with Crippen molar-refractivity contribution in [2.24, 2.45) is 5.16 Å². The highest BCUT2D eigenvalue weighted by molar-refractivity contribution is 8.00. The molecular weight excluding hydrogens is 638 g/mol. The van der Waals surface area contributed by atoms with E-state index >= 15 is 0 Å². The molecule has 21 heteroatoms. The number of amides is 3. The van der Waals surface area contributed by atoms with Crippen LogP contribution in [0.1, 0.15) is 18.5 Å². The molecule has 43 heavy (non-hydrogen) atoms. The number of carbonyl (C=O) groups is 5. The van der Waals surface area contributed by atoms with Gasteiger partial charge in [-0.15, -0.1) is 23.1 Å². The highest BCUT2D eigenvalue weighted by atomic mass is 32.2. The number of alkyl halides is 6. The van der Waals surface area contributed by atoms with Gasteiger partial charge in [-0.3, -0.25) is 19.3 Å². The number of nitrogen functional groups attached to an aromatic ring is 1. The number of hydrogen-bond donors (Lipinski definition) is 3. The smallest absolute Gasteiger partial charge is 0.477 e. The Morgan fingerprint density at radius 1 is 1.23 bits per heavy atom. The second-order valence-corrected chi connectivity index (χ2v) is 11.0. The lowest BCUT2D eigenvalue weighted by atomic mass is 9.98. The molecule has 2 saturated heterocycles. The number of aromatic nitrogens is 1. The van der Waals surface area contributed by atoms with Crippen LogP contribution in [0.4, 0.5) is 31.5 Å². The van der Waals surface area contributed by atoms with Crippen LogP contribution in [0.2, 0.25) is 0 Å². The fourth-order valence-electron chi connectivity index (χ4n) is 4.29. The van der Waals surface area contributed by atoms with E-state index in [1.807, 2.05) is 0 Å². The second kappa shape index (κ2) is 11.9. The lowest BCUT2D eigenvalue weighted by Crippen LogP contribution is -2.71. The molecule has 1 aromatic rings. The molecule has 13 nitrogen and oxygen atoms in total. The van der Waals surface area contributed by atoms with Crippen LogP contribution in [0, 0.1) is 0 Å². The number of hydrogen-bond acceptors (Lipinski definition) is 11. The summed E-state index contributed by atoms with van der Waals surface area (Å²) in [6.45, 7) is -1.62. The van der Waals surface area contributed by atoms with Crippen LogP contribution < -0.4 is 11.1 Å². The number of β-lactam (4-membered cyclic amide) rings is 1. The molecule has 0 radical (unpaired) electrons. The molecule has 0 bridgehead atoms. The van der Waals surface area contributed by atoms with Gasteiger partial charge in [-0.05, 0) is 24.5 Å². The summed E-state index contributed by atoms with van der Waals surface area (Å²) in [6.07, 6.45) is -8.67. The number of nitrogens with zero attached hydrogens (tertiary/aromatic N) is 4. The van der Waals surface area contributed by atoms with Crippen molar-refractivity contribution in [1.82, 2.24) is 20.1 Å². The highest BCUT2D eigenvalue weighted by Gasteiger charge is 2.54. The summed E-state index contributed by atoms with van der Waals surface area (Å²) in [5.41, 5.74) is 3.51. The van der Waals surface area contributed by atoms with Crippen molar-refractivity contribution >= 4 is 63.6 Å². The molecule has 0 aromatic carbocycles. The number of anilines is 1. The van der Waals surface area contributed by atoms with E-state index in [0.29, 0.717) is 4.90 Å². The number of aliphatic carboxylic acids is 1. The molecule has 0 spiro atoms. The maximum atomic E-state index is 13.0. The number of allylic oxidation sites excluding steroid dienone is 1. The topological polar surface area (TPSA) is 185 Å². The number of halogens is 6. The average Bonchev–Trinajstić information content (AvgIpc) is 3.33. The first kappa shape index (κ1) is 31.8. The zero-order valence-corrected chi connectivity index (χ0v) is 22.8. The van der Waals surface area contributed by atoms with E-state index in [9.17, 15) is 55.4 Å². The minimum Gasteiger partial charge on any atom is -0.477 e. The second-order valence-electron chi connectivity index (χ2n) is 9.04. The predicted molar refractivity (Wildman–Crippen MR) is 135 cm³/mol. The summed E-state index contributed by atoms with van der Waals surface area (Å²) in [5.74, 6) is -7.66. The van der Waals surface area contributed by atoms with Crippen LogP contribution in [-0.2, 0) is 28.8 Å². The third-order valence-electron chi connectivity index (χ3n) is 6.07. The van der Waals surface area contributed by atoms with E-state index in [1.165, 1.54) is 0 Å². The number of nitrogens with two attached hydrogens (primary N) is 1. The summed E-state index contributed by atoms with van der Waals surface area (Å²) in [7, 11) is 0. The number of carboxylic acid groups (broad SMARTS) is 1. The number of fused-ring (bicyclic) bond motifs is 1. The van der Waals surface area contributed by atoms with Crippen molar-refractivity contribution in [3.8, 4) is 0 Å². The van der Waals surface area contributed by atoms with Gasteiger partial charge in [-0.25, -0.2) is 14.6 Å². The number of carboxylic acids is 1. The minimum absolute atomic E-state index is 0.0247. The van der Waals surface area contributed by atoms with Crippen molar-refractivity contribution in [2.45, 2.75) is 36.6 Å². The average molecular weight is 657 g/mol. The van der Waals surface area contributed by atoms with Gasteiger partial charge in [0.05, 0.1) is 0 Å². The van der Waals surface area contributed by atoms with Gasteiger partial charge in [-0.1, -0.05) is 5.16 Å². The number of thiazole rings is 1. The molecule has 1 aromatic heterocycles. The number of nitrogens with one attached hydrogen (secondary N) is 1. The Morgan fingerprint density at radius 3 is 2.51 bits per heavy atom. The number of piperidine rings is 1. The monoisotopic (exact) mass is 656 g/mol. The number of likely N-dealkylation sites (tertiary alicyclic amines) is 1. The quantitative estimate of drug-likeness (QED) is 0.0968. The molecule has 3 aliphatic heterocycles. The van der Waals surface area contributed by atoms with Crippen LogP contribution in [0.15, 0.2) is 33.5 Å². The largest absolute Gasteiger partial charge is 0.493 e. The first-order valence-corrected chi connectivity index (χ1v) is 13.8. The van der Waals surface area contributed by atoms with Crippen LogP contribution >= 0.6 is 23.1 Å². The minimum atomic E-state index is -5.44. The Balaban J connectivity index is 1.55. The van der Waals surface area contributed by atoms with Gasteiger partial charge in [-0.2, -0.15) is 26.3 Å². The van der Waals surface area contributed by atoms with Crippen molar-refractivity contribution in [2.75, 3.05) is 24.6 Å². The molecule has 2 fully saturated rings. The molecule has 3 aliphatic rings. The van der Waals surface area contributed by atoms with Crippen LogP contribution in [-0.4, -0.2) is 97.9 Å². The number of carbonyl (C=O) groups excluding carboxylic acids is 4. The first-order valence-electron chi connectivity index (χ1n) is 11.8. The van der Waals surface area contributed by atoms with Gasteiger partial charge in [0.25, 0.3) is 11.8 Å². The molecule has 4 rings (SSSR count). The lowest BCUT2D eigenvalue weighted by molar-refractivity contribution is -0.199. The number of thioether (sulfide) groups is 1. The summed E-state index contributed by atoms with van der Waals surface area (Å²) >= 11 is 1.71. The third-order valence-corrected chi connectivity index (χ3v) is 8.05. The molecular formula is C22H18F6N6O7S2. The van der Waals surface area contributed by atoms with Gasteiger partial charge in [0.2, 0.25) is 5.91 Å². The van der Waals surface area contributed by atoms with E-state index in [-0.39, 0.29) is 47.1 Å². The summed E-state index contributed by atoms with van der Waals surface area (Å²) < 4.78 is 76.2. The van der Waals surface area contributed by atoms with Crippen molar-refractivity contribution in [3.05, 3.63) is 34.0 Å². The lowest BCUT2D eigenvalue weighted by Gasteiger charge is -2.49. The first-order chi connectivity index (χ1) is 20.0. The van der Waals surface area contributed by atoms with Crippen LogP contribution in [0.3, 0.4) is 0 Å². The molecule has 3 amide bonds. The molecule has 4 N–H and O–H groups in total. The molecule has 4 heterocycles. The van der Waals surface area contributed by atoms with Crippen molar-refractivity contribution < 1.29 is 60.3 Å². The maximum absolute atomic E-state index is 13.0. The SMILES string of the molecule is Nc1nc(/C(=N/OC(=O)C(F)(F)F)C(=O)N[C@@H]2C(=O)N3C(C(=O)O)=C(/C=C4\CCCN(CC(F)(F)F)C4=O)CS[C@H]23)cs1. The van der Waals surface area contributed by atoms with E-state index < -0.39 is 71.4 Å². The zero-order valence-electron chi connectivity index (χ0n) is 21.2. The summed E-state index contributed by atoms with van der Waals surface area (Å²) in [6, 6.07) is -1.42. The molecule has 0 saturated carbocycles. The van der Waals surface area contributed by atoms with E-state index in [4.69, 9.17) is 5.73 Å². The van der Waals surface area contributed by atoms with Crippen LogP contribution in [0.25, 0.3) is 0 Å². The van der Waals surface area contributed by atoms with Gasteiger partial charge in [0.15, 0.2) is 10.8 Å². The highest BCUT2D eigenvalue weighted by Crippen LogP contribution is 2.41. The Kier molecular flexibility index (Phi) is 8.77. The van der Waals surface area contributed by atoms with E-state index in [1.54, 1.807) is 0 Å². The zero-order chi connectivity index (χ0) is 31.9. The Hall–Kier alpha value is -4.14. The number of oxime groups is 1. The molecule has 0 aliphatic carbocycles. The predicted octanol–water partition coefficient (Wildman–Crippen LogP) is 1.38.